The first-order valence-corrected chi connectivity index (χ1v) is 9.78. The van der Waals surface area contributed by atoms with Gasteiger partial charge in [0.15, 0.2) is 5.78 Å². The van der Waals surface area contributed by atoms with Crippen molar-refractivity contribution in [2.24, 2.45) is 0 Å². The average Bonchev–Trinajstić information content (AvgIpc) is 2.62. The molecule has 3 rings (SSSR count). The number of rotatable bonds is 5. The van der Waals surface area contributed by atoms with Crippen molar-refractivity contribution in [3.63, 3.8) is 0 Å². The third-order valence-corrected chi connectivity index (χ3v) is 5.50. The van der Waals surface area contributed by atoms with Gasteiger partial charge >= 0.3 is 0 Å². The molecule has 0 saturated carbocycles. The number of halogens is 2. The molecule has 0 aliphatic carbocycles. The monoisotopic (exact) mass is 405 g/mol. The molecule has 0 heterocycles. The van der Waals surface area contributed by atoms with Crippen LogP contribution in [-0.2, 0) is 10.0 Å². The number of ketones is 1. The molecule has 0 bridgehead atoms. The zero-order chi connectivity index (χ0) is 18.7. The summed E-state index contributed by atoms with van der Waals surface area (Å²) < 4.78 is 27.7. The lowest BCUT2D eigenvalue weighted by molar-refractivity contribution is 0.103. The number of hydrogen-bond donors (Lipinski definition) is 1. The maximum atomic E-state index is 12.8. The SMILES string of the molecule is O=C(c1ccccc1)c1ccc(Cl)cc1NS(=O)(=O)c1ccc(Cl)cc1. The minimum atomic E-state index is -3.90. The van der Waals surface area contributed by atoms with Gasteiger partial charge in [-0.2, -0.15) is 0 Å². The van der Waals surface area contributed by atoms with Crippen molar-refractivity contribution in [3.8, 4) is 0 Å². The second kappa shape index (κ2) is 7.50. The number of hydrogen-bond acceptors (Lipinski definition) is 3. The predicted octanol–water partition coefficient (Wildman–Crippen LogP) is 5.03. The number of benzene rings is 3. The van der Waals surface area contributed by atoms with E-state index in [-0.39, 0.29) is 21.9 Å². The largest absolute Gasteiger partial charge is 0.289 e. The van der Waals surface area contributed by atoms with Crippen LogP contribution in [0.15, 0.2) is 77.7 Å². The summed E-state index contributed by atoms with van der Waals surface area (Å²) in [6.45, 7) is 0. The molecule has 0 atom stereocenters. The molecule has 0 aromatic heterocycles. The summed E-state index contributed by atoms with van der Waals surface area (Å²) in [6.07, 6.45) is 0. The Hall–Kier alpha value is -2.34. The standard InChI is InChI=1S/C19H13Cl2NO3S/c20-14-6-9-16(10-7-14)26(24,25)22-18-12-15(21)8-11-17(18)19(23)13-4-2-1-3-5-13/h1-12,22H. The Morgan fingerprint density at radius 3 is 2.08 bits per heavy atom. The van der Waals surface area contributed by atoms with Crippen molar-refractivity contribution in [2.45, 2.75) is 4.90 Å². The molecule has 0 spiro atoms. The lowest BCUT2D eigenvalue weighted by Crippen LogP contribution is -2.16. The van der Waals surface area contributed by atoms with E-state index in [0.29, 0.717) is 15.6 Å². The number of carbonyl (C=O) groups excluding carboxylic acids is 1. The van der Waals surface area contributed by atoms with Crippen LogP contribution in [0, 0.1) is 0 Å². The second-order valence-corrected chi connectivity index (χ2v) is 8.00. The molecule has 0 amide bonds. The van der Waals surface area contributed by atoms with Crippen LogP contribution in [-0.4, -0.2) is 14.2 Å². The van der Waals surface area contributed by atoms with Crippen LogP contribution in [0.5, 0.6) is 0 Å². The van der Waals surface area contributed by atoms with Gasteiger partial charge in [-0.05, 0) is 42.5 Å². The molecule has 0 fully saturated rings. The first-order valence-electron chi connectivity index (χ1n) is 7.54. The Labute approximate surface area is 161 Å². The van der Waals surface area contributed by atoms with E-state index in [1.165, 1.54) is 42.5 Å². The number of anilines is 1. The highest BCUT2D eigenvalue weighted by atomic mass is 35.5. The smallest absolute Gasteiger partial charge is 0.261 e. The number of carbonyl (C=O) groups is 1. The molecule has 0 radical (unpaired) electrons. The van der Waals surface area contributed by atoms with Crippen molar-refractivity contribution in [2.75, 3.05) is 4.72 Å². The maximum Gasteiger partial charge on any atom is 0.261 e. The first-order chi connectivity index (χ1) is 12.4. The molecule has 3 aromatic carbocycles. The van der Waals surface area contributed by atoms with Crippen LogP contribution in [0.4, 0.5) is 5.69 Å². The third kappa shape index (κ3) is 4.07. The molecule has 4 nitrogen and oxygen atoms in total. The van der Waals surface area contributed by atoms with Crippen molar-refractivity contribution >= 4 is 44.7 Å². The van der Waals surface area contributed by atoms with Crippen molar-refractivity contribution in [1.82, 2.24) is 0 Å². The van der Waals surface area contributed by atoms with Gasteiger partial charge in [0.1, 0.15) is 0 Å². The molecule has 0 aliphatic rings. The molecule has 132 valence electrons. The van der Waals surface area contributed by atoms with Gasteiger partial charge in [0, 0.05) is 21.2 Å². The van der Waals surface area contributed by atoms with Crippen LogP contribution in [0.3, 0.4) is 0 Å². The minimum absolute atomic E-state index is 0.0278. The highest BCUT2D eigenvalue weighted by Crippen LogP contribution is 2.26. The molecular formula is C19H13Cl2NO3S. The van der Waals surface area contributed by atoms with E-state index in [4.69, 9.17) is 23.2 Å². The predicted molar refractivity (Wildman–Crippen MR) is 104 cm³/mol. The Balaban J connectivity index is 2.01. The fraction of sp³-hybridized carbons (Fsp3) is 0. The summed E-state index contributed by atoms with van der Waals surface area (Å²) in [6, 6.07) is 18.8. The highest BCUT2D eigenvalue weighted by Gasteiger charge is 2.20. The minimum Gasteiger partial charge on any atom is -0.289 e. The van der Waals surface area contributed by atoms with Gasteiger partial charge in [-0.3, -0.25) is 9.52 Å². The molecule has 3 aromatic rings. The Morgan fingerprint density at radius 1 is 0.808 bits per heavy atom. The quantitative estimate of drug-likeness (QED) is 0.605. The average molecular weight is 406 g/mol. The molecule has 0 aliphatic heterocycles. The van der Waals surface area contributed by atoms with E-state index in [1.807, 2.05) is 0 Å². The van der Waals surface area contributed by atoms with Gasteiger partial charge in [0.25, 0.3) is 10.0 Å². The molecule has 0 saturated heterocycles. The number of nitrogens with one attached hydrogen (secondary N) is 1. The van der Waals surface area contributed by atoms with Crippen LogP contribution >= 0.6 is 23.2 Å². The third-order valence-electron chi connectivity index (χ3n) is 3.63. The summed E-state index contributed by atoms with van der Waals surface area (Å²) in [5, 5.41) is 0.732. The van der Waals surface area contributed by atoms with Gasteiger partial charge in [-0.25, -0.2) is 8.42 Å². The lowest BCUT2D eigenvalue weighted by Gasteiger charge is -2.13. The molecule has 7 heteroatoms. The van der Waals surface area contributed by atoms with E-state index >= 15 is 0 Å². The molecular weight excluding hydrogens is 393 g/mol. The Kier molecular flexibility index (Phi) is 5.32. The van der Waals surface area contributed by atoms with Gasteiger partial charge in [-0.1, -0.05) is 53.5 Å². The highest BCUT2D eigenvalue weighted by molar-refractivity contribution is 7.92. The van der Waals surface area contributed by atoms with Crippen molar-refractivity contribution in [1.29, 1.82) is 0 Å². The van der Waals surface area contributed by atoms with Gasteiger partial charge in [-0.15, -0.1) is 0 Å². The lowest BCUT2D eigenvalue weighted by atomic mass is 10.0. The van der Waals surface area contributed by atoms with E-state index in [0.717, 1.165) is 0 Å². The van der Waals surface area contributed by atoms with Crippen LogP contribution in [0.2, 0.25) is 10.0 Å². The maximum absolute atomic E-state index is 12.8. The fourth-order valence-electron chi connectivity index (χ4n) is 2.36. The topological polar surface area (TPSA) is 63.2 Å². The van der Waals surface area contributed by atoms with E-state index in [9.17, 15) is 13.2 Å². The summed E-state index contributed by atoms with van der Waals surface area (Å²) in [4.78, 5) is 12.8. The summed E-state index contributed by atoms with van der Waals surface area (Å²) in [7, 11) is -3.90. The van der Waals surface area contributed by atoms with Gasteiger partial charge in [0.2, 0.25) is 0 Å². The first kappa shape index (κ1) is 18.5. The van der Waals surface area contributed by atoms with Crippen LogP contribution < -0.4 is 4.72 Å². The fourth-order valence-corrected chi connectivity index (χ4v) is 3.73. The molecule has 0 unspecified atom stereocenters. The molecule has 1 N–H and O–H groups in total. The summed E-state index contributed by atoms with van der Waals surface area (Å²) in [5.74, 6) is -0.309. The van der Waals surface area contributed by atoms with E-state index < -0.39 is 10.0 Å². The van der Waals surface area contributed by atoms with Crippen LogP contribution in [0.25, 0.3) is 0 Å². The number of sulfonamides is 1. The van der Waals surface area contributed by atoms with Crippen LogP contribution in [0.1, 0.15) is 15.9 Å². The van der Waals surface area contributed by atoms with Crippen molar-refractivity contribution < 1.29 is 13.2 Å². The molecule has 26 heavy (non-hydrogen) atoms. The zero-order valence-corrected chi connectivity index (χ0v) is 15.6. The normalized spacial score (nSPS) is 11.2. The summed E-state index contributed by atoms with van der Waals surface area (Å²) in [5.41, 5.74) is 0.765. The van der Waals surface area contributed by atoms with Crippen molar-refractivity contribution in [3.05, 3.63) is 94.0 Å². The van der Waals surface area contributed by atoms with Gasteiger partial charge < -0.3 is 0 Å². The Morgan fingerprint density at radius 2 is 1.42 bits per heavy atom. The van der Waals surface area contributed by atoms with E-state index in [2.05, 4.69) is 4.72 Å². The Bertz CT molecular complexity index is 1050. The summed E-state index contributed by atoms with van der Waals surface area (Å²) >= 11 is 11.8. The van der Waals surface area contributed by atoms with Gasteiger partial charge in [0.05, 0.1) is 10.6 Å². The van der Waals surface area contributed by atoms with E-state index in [1.54, 1.807) is 30.3 Å². The zero-order valence-electron chi connectivity index (χ0n) is 13.3. The second-order valence-electron chi connectivity index (χ2n) is 5.44.